The Balaban J connectivity index is 0.00000173. The molecule has 0 radical (unpaired) electrons. The molecule has 1 fully saturated rings. The summed E-state index contributed by atoms with van der Waals surface area (Å²) in [5, 5.41) is 7.84. The van der Waals surface area contributed by atoms with Crippen LogP contribution in [0.15, 0.2) is 67.0 Å². The number of benzene rings is 3. The first kappa shape index (κ1) is 29.1. The van der Waals surface area contributed by atoms with E-state index in [9.17, 15) is 9.18 Å². The summed E-state index contributed by atoms with van der Waals surface area (Å²) < 4.78 is 48.3. The lowest BCUT2D eigenvalue weighted by molar-refractivity contribution is -0.251. The lowest BCUT2D eigenvalue weighted by Crippen LogP contribution is -2.39. The summed E-state index contributed by atoms with van der Waals surface area (Å²) in [6.45, 7) is 2.69. The largest absolute Gasteiger partial charge is 0.454 e. The fraction of sp³-hybridized carbons (Fsp3) is 0.250. The maximum Gasteiger partial charge on any atom is 0.239 e. The summed E-state index contributed by atoms with van der Waals surface area (Å²) in [5.41, 5.74) is 3.66. The lowest BCUT2D eigenvalue weighted by Gasteiger charge is -2.36. The molecule has 2 aromatic heterocycles. The lowest BCUT2D eigenvalue weighted by atomic mass is 9.98. The number of ether oxygens (including phenoxy) is 3. The molecule has 10 heteroatoms. The maximum atomic E-state index is 15.1. The first-order chi connectivity index (χ1) is 20.5. The third kappa shape index (κ3) is 5.56. The van der Waals surface area contributed by atoms with Gasteiger partial charge in [0.2, 0.25) is 5.79 Å². The number of aldehydes is 1. The Morgan fingerprint density at radius 2 is 1.88 bits per heavy atom. The van der Waals surface area contributed by atoms with Gasteiger partial charge in [-0.25, -0.2) is 13.8 Å². The molecule has 8 nitrogen and oxygen atoms in total. The second-order valence-electron chi connectivity index (χ2n) is 9.71. The van der Waals surface area contributed by atoms with Crippen LogP contribution in [0.25, 0.3) is 22.3 Å². The van der Waals surface area contributed by atoms with E-state index in [2.05, 4.69) is 15.0 Å². The molecule has 3 N–H and O–H groups in total. The van der Waals surface area contributed by atoms with Crippen LogP contribution in [0.3, 0.4) is 0 Å². The molecule has 0 atom stereocenters. The van der Waals surface area contributed by atoms with E-state index < -0.39 is 17.4 Å². The fourth-order valence-electron chi connectivity index (χ4n) is 5.11. The third-order valence-electron chi connectivity index (χ3n) is 7.11. The number of imidazole rings is 1. The average Bonchev–Trinajstić information content (AvgIpc) is 3.71. The maximum absolute atomic E-state index is 15.1. The number of aliphatic hydroxyl groups is 1. The van der Waals surface area contributed by atoms with Crippen LogP contribution >= 0.6 is 0 Å². The Morgan fingerprint density at radius 1 is 1.07 bits per heavy atom. The Hall–Kier alpha value is -4.38. The summed E-state index contributed by atoms with van der Waals surface area (Å²) in [4.78, 5) is 21.5. The zero-order chi connectivity index (χ0) is 29.7. The minimum Gasteiger partial charge on any atom is -0.454 e. The Labute approximate surface area is 241 Å². The van der Waals surface area contributed by atoms with Gasteiger partial charge in [0.05, 0.1) is 25.0 Å². The van der Waals surface area contributed by atoms with Gasteiger partial charge in [-0.15, -0.1) is 0 Å². The van der Waals surface area contributed by atoms with Crippen molar-refractivity contribution in [2.45, 2.75) is 32.0 Å². The molecule has 1 aliphatic heterocycles. The third-order valence-corrected chi connectivity index (χ3v) is 7.11. The average molecular weight is 576 g/mol. The van der Waals surface area contributed by atoms with Crippen LogP contribution in [0.4, 0.5) is 8.78 Å². The number of nitrogens with one attached hydrogen (secondary N) is 2. The zero-order valence-electron chi connectivity index (χ0n) is 23.2. The van der Waals surface area contributed by atoms with Crippen LogP contribution in [0, 0.1) is 18.6 Å². The van der Waals surface area contributed by atoms with E-state index in [0.717, 1.165) is 36.3 Å². The van der Waals surface area contributed by atoms with Gasteiger partial charge in [-0.3, -0.25) is 0 Å². The van der Waals surface area contributed by atoms with Crippen molar-refractivity contribution in [3.05, 3.63) is 101 Å². The number of aliphatic hydroxyl groups excluding tert-OH is 1. The number of nitrogens with zero attached hydrogens (tertiary/aromatic N) is 1. The molecule has 0 aliphatic carbocycles. The number of hydrogen-bond donors (Lipinski definition) is 3. The van der Waals surface area contributed by atoms with Crippen LogP contribution in [0.2, 0.25) is 0 Å². The Morgan fingerprint density at radius 3 is 2.67 bits per heavy atom. The standard InChI is InChI=1S/C31H27F2N3O4.CH4O/c1-19-23-10-11-34-27(23)17-26(33)29(19)40-22-8-9-25(32)24(16-22)30-35-18-28(36-30)31(38-13-4-14-39-31)21-7-2-5-20(15-21)6-3-12-37;1-2/h2,5,7-12,15-18,34H,3-4,6,13-14H2,1H3,(H,35,36);2H,1H3. The molecule has 0 unspecified atom stereocenters. The summed E-state index contributed by atoms with van der Waals surface area (Å²) >= 11 is 0. The monoisotopic (exact) mass is 575 g/mol. The quantitative estimate of drug-likeness (QED) is 0.187. The van der Waals surface area contributed by atoms with Gasteiger partial charge in [0, 0.05) is 47.8 Å². The second-order valence-corrected chi connectivity index (χ2v) is 9.71. The van der Waals surface area contributed by atoms with Crippen LogP contribution in [0.5, 0.6) is 11.5 Å². The van der Waals surface area contributed by atoms with Gasteiger partial charge in [0.1, 0.15) is 29.4 Å². The highest BCUT2D eigenvalue weighted by atomic mass is 19.1. The van der Waals surface area contributed by atoms with Crippen LogP contribution < -0.4 is 4.74 Å². The Kier molecular flexibility index (Phi) is 8.77. The molecular formula is C32H31F2N3O5. The van der Waals surface area contributed by atoms with Crippen molar-refractivity contribution in [3.8, 4) is 22.9 Å². The highest BCUT2D eigenvalue weighted by molar-refractivity contribution is 5.85. The minimum absolute atomic E-state index is 0.0715. The molecule has 218 valence electrons. The molecule has 6 rings (SSSR count). The number of carbonyl (C=O) groups excluding carboxylic acids is 1. The van der Waals surface area contributed by atoms with E-state index in [1.54, 1.807) is 19.3 Å². The predicted molar refractivity (Wildman–Crippen MR) is 153 cm³/mol. The van der Waals surface area contributed by atoms with Crippen LogP contribution in [-0.2, 0) is 26.5 Å². The van der Waals surface area contributed by atoms with Crippen molar-refractivity contribution in [1.82, 2.24) is 15.0 Å². The predicted octanol–water partition coefficient (Wildman–Crippen LogP) is 6.31. The van der Waals surface area contributed by atoms with E-state index in [-0.39, 0.29) is 22.9 Å². The molecule has 0 amide bonds. The number of carbonyl (C=O) groups is 1. The summed E-state index contributed by atoms with van der Waals surface area (Å²) in [6, 6.07) is 15.1. The number of halogens is 2. The highest BCUT2D eigenvalue weighted by Crippen LogP contribution is 2.39. The SMILES string of the molecule is CO.Cc1c(Oc2ccc(F)c(-c3ncc(C4(c5cccc(CCC=O)c5)OCCCO4)[nH]3)c2)c(F)cc2[nH]ccc12. The topological polar surface area (TPSA) is 109 Å². The molecule has 1 saturated heterocycles. The van der Waals surface area contributed by atoms with E-state index in [1.165, 1.54) is 24.3 Å². The zero-order valence-corrected chi connectivity index (χ0v) is 23.2. The van der Waals surface area contributed by atoms with Crippen molar-refractivity contribution in [2.24, 2.45) is 0 Å². The summed E-state index contributed by atoms with van der Waals surface area (Å²) in [7, 11) is 1.00. The van der Waals surface area contributed by atoms with E-state index >= 15 is 4.39 Å². The first-order valence-electron chi connectivity index (χ1n) is 13.5. The molecule has 5 aromatic rings. The van der Waals surface area contributed by atoms with E-state index in [4.69, 9.17) is 19.3 Å². The number of hydrogen-bond acceptors (Lipinski definition) is 6. The number of fused-ring (bicyclic) bond motifs is 1. The molecule has 3 aromatic carbocycles. The van der Waals surface area contributed by atoms with Gasteiger partial charge in [0.25, 0.3) is 0 Å². The first-order valence-corrected chi connectivity index (χ1v) is 13.5. The van der Waals surface area contributed by atoms with Gasteiger partial charge in [-0.1, -0.05) is 18.2 Å². The fourth-order valence-corrected chi connectivity index (χ4v) is 5.11. The molecule has 3 heterocycles. The van der Waals surface area contributed by atoms with E-state index in [1.807, 2.05) is 30.3 Å². The Bertz CT molecular complexity index is 1690. The smallest absolute Gasteiger partial charge is 0.239 e. The van der Waals surface area contributed by atoms with Gasteiger partial charge in [-0.05, 0) is 55.7 Å². The van der Waals surface area contributed by atoms with E-state index in [0.29, 0.717) is 42.8 Å². The van der Waals surface area contributed by atoms with Crippen molar-refractivity contribution in [2.75, 3.05) is 20.3 Å². The van der Waals surface area contributed by atoms with Crippen molar-refractivity contribution in [3.63, 3.8) is 0 Å². The molecule has 0 saturated carbocycles. The van der Waals surface area contributed by atoms with Gasteiger partial charge in [-0.2, -0.15) is 0 Å². The summed E-state index contributed by atoms with van der Waals surface area (Å²) in [5.74, 6) is -1.75. The van der Waals surface area contributed by atoms with Crippen molar-refractivity contribution >= 4 is 17.2 Å². The number of H-pyrrole nitrogens is 2. The van der Waals surface area contributed by atoms with Crippen LogP contribution in [-0.4, -0.2) is 46.7 Å². The van der Waals surface area contributed by atoms with Crippen molar-refractivity contribution < 1.29 is 32.9 Å². The molecule has 1 aliphatic rings. The molecule has 0 bridgehead atoms. The number of aromatic amines is 2. The van der Waals surface area contributed by atoms with Gasteiger partial charge in [0.15, 0.2) is 11.6 Å². The number of rotatable bonds is 8. The second kappa shape index (κ2) is 12.6. The van der Waals surface area contributed by atoms with Crippen molar-refractivity contribution in [1.29, 1.82) is 0 Å². The molecule has 42 heavy (non-hydrogen) atoms. The number of aromatic nitrogens is 3. The minimum atomic E-state index is -1.27. The molecule has 0 spiro atoms. The van der Waals surface area contributed by atoms with Gasteiger partial charge >= 0.3 is 0 Å². The highest BCUT2D eigenvalue weighted by Gasteiger charge is 2.41. The van der Waals surface area contributed by atoms with Crippen LogP contribution in [0.1, 0.15) is 35.2 Å². The molecular weight excluding hydrogens is 544 g/mol. The summed E-state index contributed by atoms with van der Waals surface area (Å²) in [6.07, 6.45) is 5.92. The number of aryl methyl sites for hydroxylation is 2. The van der Waals surface area contributed by atoms with Gasteiger partial charge < -0.3 is 34.1 Å². The normalized spacial score (nSPS) is 14.3.